The summed E-state index contributed by atoms with van der Waals surface area (Å²) in [6.07, 6.45) is 1.45. The zero-order valence-corrected chi connectivity index (χ0v) is 13.6. The van der Waals surface area contributed by atoms with Gasteiger partial charge in [-0.15, -0.1) is 0 Å². The number of rotatable bonds is 3. The number of nitrogens with two attached hydrogens (primary N) is 1. The van der Waals surface area contributed by atoms with Crippen molar-refractivity contribution in [3.63, 3.8) is 0 Å². The van der Waals surface area contributed by atoms with Crippen LogP contribution < -0.4 is 10.5 Å². The summed E-state index contributed by atoms with van der Waals surface area (Å²) in [5.41, 5.74) is 6.62. The number of hydrogen-bond donors (Lipinski definition) is 2. The van der Waals surface area contributed by atoms with Crippen molar-refractivity contribution in [2.45, 2.75) is 11.8 Å². The van der Waals surface area contributed by atoms with Crippen LogP contribution in [0.4, 0.5) is 11.5 Å². The first-order chi connectivity index (χ1) is 9.31. The van der Waals surface area contributed by atoms with Gasteiger partial charge in [-0.05, 0) is 36.8 Å². The van der Waals surface area contributed by atoms with Gasteiger partial charge in [0.2, 0.25) is 0 Å². The molecule has 20 heavy (non-hydrogen) atoms. The largest absolute Gasteiger partial charge is 0.398 e. The Morgan fingerprint density at radius 1 is 1.40 bits per heavy atom. The summed E-state index contributed by atoms with van der Waals surface area (Å²) in [5, 5.41) is 0.219. The summed E-state index contributed by atoms with van der Waals surface area (Å²) in [6.45, 7) is 1.64. The number of sulfonamides is 1. The molecule has 8 heteroatoms. The van der Waals surface area contributed by atoms with E-state index in [4.69, 9.17) is 17.3 Å². The second kappa shape index (κ2) is 5.59. The first-order valence-corrected chi connectivity index (χ1v) is 8.15. The number of anilines is 2. The molecule has 2 aromatic rings. The van der Waals surface area contributed by atoms with Gasteiger partial charge in [0.15, 0.2) is 5.82 Å². The number of nitrogens with zero attached hydrogens (tertiary/aromatic N) is 1. The molecule has 0 spiro atoms. The van der Waals surface area contributed by atoms with E-state index in [1.807, 2.05) is 0 Å². The standard InChI is InChI=1S/C12H11BrClN3O2S/c1-7-10(15)5-8(13)6-11(7)20(18,19)17-12-9(14)3-2-4-16-12/h2-6H,15H2,1H3,(H,16,17). The van der Waals surface area contributed by atoms with E-state index in [2.05, 4.69) is 25.6 Å². The Labute approximate surface area is 130 Å². The number of nitrogen functional groups attached to an aromatic ring is 1. The zero-order chi connectivity index (χ0) is 14.9. The lowest BCUT2D eigenvalue weighted by Crippen LogP contribution is -2.16. The molecule has 0 saturated heterocycles. The third kappa shape index (κ3) is 3.05. The maximum atomic E-state index is 12.4. The maximum Gasteiger partial charge on any atom is 0.263 e. The third-order valence-corrected chi connectivity index (χ3v) is 4.87. The Balaban J connectivity index is 2.49. The predicted molar refractivity (Wildman–Crippen MR) is 83.3 cm³/mol. The lowest BCUT2D eigenvalue weighted by Gasteiger charge is -2.12. The highest BCUT2D eigenvalue weighted by atomic mass is 79.9. The van der Waals surface area contributed by atoms with Gasteiger partial charge in [-0.25, -0.2) is 13.4 Å². The minimum Gasteiger partial charge on any atom is -0.398 e. The van der Waals surface area contributed by atoms with Crippen molar-refractivity contribution in [2.75, 3.05) is 10.5 Å². The van der Waals surface area contributed by atoms with Gasteiger partial charge in [0.05, 0.1) is 9.92 Å². The number of pyridine rings is 1. The van der Waals surface area contributed by atoms with Gasteiger partial charge in [-0.2, -0.15) is 0 Å². The van der Waals surface area contributed by atoms with E-state index in [9.17, 15) is 8.42 Å². The van der Waals surface area contributed by atoms with Crippen molar-refractivity contribution in [1.82, 2.24) is 4.98 Å². The van der Waals surface area contributed by atoms with E-state index in [0.717, 1.165) is 0 Å². The summed E-state index contributed by atoms with van der Waals surface area (Å²) in [7, 11) is -3.82. The molecule has 106 valence electrons. The molecule has 1 aromatic heterocycles. The molecule has 0 radical (unpaired) electrons. The first kappa shape index (κ1) is 15.1. The molecule has 0 aliphatic carbocycles. The van der Waals surface area contributed by atoms with Crippen molar-refractivity contribution in [3.8, 4) is 0 Å². The Morgan fingerprint density at radius 3 is 2.75 bits per heavy atom. The SMILES string of the molecule is Cc1c(N)cc(Br)cc1S(=O)(=O)Nc1ncccc1Cl. The van der Waals surface area contributed by atoms with Crippen LogP contribution in [-0.4, -0.2) is 13.4 Å². The second-order valence-corrected chi connectivity index (χ2v) is 7.03. The van der Waals surface area contributed by atoms with Crippen molar-refractivity contribution in [3.05, 3.63) is 45.5 Å². The lowest BCUT2D eigenvalue weighted by atomic mass is 10.2. The van der Waals surface area contributed by atoms with Crippen molar-refractivity contribution >= 4 is 49.1 Å². The highest BCUT2D eigenvalue weighted by Crippen LogP contribution is 2.28. The van der Waals surface area contributed by atoms with Crippen molar-refractivity contribution in [2.24, 2.45) is 0 Å². The molecular weight excluding hydrogens is 366 g/mol. The van der Waals surface area contributed by atoms with Crippen LogP contribution in [0.25, 0.3) is 0 Å². The van der Waals surface area contributed by atoms with E-state index in [1.54, 1.807) is 25.1 Å². The molecule has 1 aromatic carbocycles. The monoisotopic (exact) mass is 375 g/mol. The quantitative estimate of drug-likeness (QED) is 0.806. The molecular formula is C12H11BrClN3O2S. The van der Waals surface area contributed by atoms with Crippen molar-refractivity contribution < 1.29 is 8.42 Å². The smallest absolute Gasteiger partial charge is 0.263 e. The number of hydrogen-bond acceptors (Lipinski definition) is 4. The van der Waals surface area contributed by atoms with Gasteiger partial charge in [-0.1, -0.05) is 27.5 Å². The Kier molecular flexibility index (Phi) is 4.22. The van der Waals surface area contributed by atoms with Gasteiger partial charge >= 0.3 is 0 Å². The Bertz CT molecular complexity index is 765. The van der Waals surface area contributed by atoms with Crippen LogP contribution >= 0.6 is 27.5 Å². The number of benzene rings is 1. The molecule has 0 saturated carbocycles. The maximum absolute atomic E-state index is 12.4. The summed E-state index contributed by atoms with van der Waals surface area (Å²) in [4.78, 5) is 3.97. The predicted octanol–water partition coefficient (Wildman–Crippen LogP) is 3.19. The van der Waals surface area contributed by atoms with E-state index < -0.39 is 10.0 Å². The normalized spacial score (nSPS) is 11.3. The van der Waals surface area contributed by atoms with Gasteiger partial charge in [0.1, 0.15) is 0 Å². The summed E-state index contributed by atoms with van der Waals surface area (Å²) >= 11 is 9.12. The van der Waals surface area contributed by atoms with Crippen LogP contribution in [0.15, 0.2) is 39.8 Å². The first-order valence-electron chi connectivity index (χ1n) is 5.50. The molecule has 0 unspecified atom stereocenters. The third-order valence-electron chi connectivity index (χ3n) is 2.64. The summed E-state index contributed by atoms with van der Waals surface area (Å²) in [6, 6.07) is 6.28. The Morgan fingerprint density at radius 2 is 2.10 bits per heavy atom. The fourth-order valence-electron chi connectivity index (χ4n) is 1.60. The molecule has 3 N–H and O–H groups in total. The lowest BCUT2D eigenvalue weighted by molar-refractivity contribution is 0.600. The Hall–Kier alpha value is -1.31. The molecule has 0 fully saturated rings. The van der Waals surface area contributed by atoms with Crippen LogP contribution in [0.3, 0.4) is 0 Å². The van der Waals surface area contributed by atoms with Crippen LogP contribution in [0, 0.1) is 6.92 Å². The number of aromatic nitrogens is 1. The van der Waals surface area contributed by atoms with E-state index in [1.165, 1.54) is 12.3 Å². The van der Waals surface area contributed by atoms with E-state index >= 15 is 0 Å². The summed E-state index contributed by atoms with van der Waals surface area (Å²) in [5.74, 6) is 0.0760. The fraction of sp³-hybridized carbons (Fsp3) is 0.0833. The molecule has 2 rings (SSSR count). The van der Waals surface area contributed by atoms with Crippen LogP contribution in [0.2, 0.25) is 5.02 Å². The molecule has 5 nitrogen and oxygen atoms in total. The topological polar surface area (TPSA) is 85.1 Å². The van der Waals surface area contributed by atoms with Gasteiger partial charge < -0.3 is 5.73 Å². The molecule has 0 aliphatic heterocycles. The summed E-state index contributed by atoms with van der Waals surface area (Å²) < 4.78 is 27.7. The van der Waals surface area contributed by atoms with E-state index in [0.29, 0.717) is 15.7 Å². The highest BCUT2D eigenvalue weighted by Gasteiger charge is 2.20. The van der Waals surface area contributed by atoms with Crippen LogP contribution in [0.5, 0.6) is 0 Å². The molecule has 0 amide bonds. The minimum atomic E-state index is -3.82. The second-order valence-electron chi connectivity index (χ2n) is 4.06. The number of nitrogens with one attached hydrogen (secondary N) is 1. The van der Waals surface area contributed by atoms with E-state index in [-0.39, 0.29) is 15.7 Å². The molecule has 0 bridgehead atoms. The average Bonchev–Trinajstić information content (AvgIpc) is 2.36. The zero-order valence-electron chi connectivity index (χ0n) is 10.4. The molecule has 0 atom stereocenters. The van der Waals surface area contributed by atoms with Crippen LogP contribution in [-0.2, 0) is 10.0 Å². The highest BCUT2D eigenvalue weighted by molar-refractivity contribution is 9.10. The van der Waals surface area contributed by atoms with Gasteiger partial charge in [0.25, 0.3) is 10.0 Å². The average molecular weight is 377 g/mol. The molecule has 0 aliphatic rings. The molecule has 1 heterocycles. The van der Waals surface area contributed by atoms with Gasteiger partial charge in [0, 0.05) is 16.4 Å². The number of halogens is 2. The fourth-order valence-corrected chi connectivity index (χ4v) is 3.78. The van der Waals surface area contributed by atoms with Crippen LogP contribution in [0.1, 0.15) is 5.56 Å². The minimum absolute atomic E-state index is 0.0751. The van der Waals surface area contributed by atoms with Gasteiger partial charge in [-0.3, -0.25) is 4.72 Å². The van der Waals surface area contributed by atoms with Crippen molar-refractivity contribution in [1.29, 1.82) is 0 Å².